The van der Waals surface area contributed by atoms with Crippen LogP contribution < -0.4 is 21.9 Å². The van der Waals surface area contributed by atoms with Crippen molar-refractivity contribution in [3.63, 3.8) is 0 Å². The molecule has 172 valence electrons. The predicted octanol–water partition coefficient (Wildman–Crippen LogP) is 3.18. The molecular weight excluding hydrogens is 438 g/mol. The zero-order valence-corrected chi connectivity index (χ0v) is 18.9. The molecule has 0 radical (unpaired) electrons. The number of halogens is 1. The van der Waals surface area contributed by atoms with Crippen LogP contribution in [0.1, 0.15) is 39.2 Å². The highest BCUT2D eigenvalue weighted by molar-refractivity contribution is 6.32. The summed E-state index contributed by atoms with van der Waals surface area (Å²) in [6.07, 6.45) is 4.06. The molecule has 3 N–H and O–H groups in total. The van der Waals surface area contributed by atoms with Gasteiger partial charge in [-0.05, 0) is 30.0 Å². The summed E-state index contributed by atoms with van der Waals surface area (Å²) in [5.41, 5.74) is 4.75. The number of hydrogen-bond donors (Lipinski definition) is 2. The highest BCUT2D eigenvalue weighted by Crippen LogP contribution is 2.26. The molecule has 0 fully saturated rings. The van der Waals surface area contributed by atoms with Crippen molar-refractivity contribution in [3.8, 4) is 0 Å². The van der Waals surface area contributed by atoms with E-state index < -0.39 is 22.1 Å². The zero-order chi connectivity index (χ0) is 24.0. The van der Waals surface area contributed by atoms with Gasteiger partial charge >= 0.3 is 5.69 Å². The van der Waals surface area contributed by atoms with Crippen LogP contribution in [0.3, 0.4) is 0 Å². The molecule has 32 heavy (non-hydrogen) atoms. The SMILES string of the molecule is CCCCn1c(N)c(N(CC(C)C)C(=O)/C=C/c2ccc(Cl)c([N+](=O)[O-])c2)c(=O)[nH]c1=O. The standard InChI is InChI=1S/C21H26ClN5O5/c1-4-5-10-25-19(23)18(20(29)24-21(25)30)26(12-13(2)3)17(28)9-7-14-6-8-15(22)16(11-14)27(31)32/h6-9,11,13H,4-5,10,12,23H2,1-3H3,(H,24,29,30)/b9-7+. The first-order chi connectivity index (χ1) is 15.1. The number of nitrogens with zero attached hydrogens (tertiary/aromatic N) is 3. The smallest absolute Gasteiger partial charge is 0.330 e. The van der Waals surface area contributed by atoms with Gasteiger partial charge in [0.15, 0.2) is 5.69 Å². The number of rotatable bonds is 9. The normalized spacial score (nSPS) is 11.3. The van der Waals surface area contributed by atoms with Crippen molar-refractivity contribution in [2.24, 2.45) is 5.92 Å². The minimum absolute atomic E-state index is 0.0150. The zero-order valence-electron chi connectivity index (χ0n) is 18.1. The third kappa shape index (κ3) is 5.85. The molecule has 0 bridgehead atoms. The monoisotopic (exact) mass is 463 g/mol. The van der Waals surface area contributed by atoms with Gasteiger partial charge in [0.1, 0.15) is 10.8 Å². The maximum atomic E-state index is 13.0. The lowest BCUT2D eigenvalue weighted by atomic mass is 10.1. The number of carbonyl (C=O) groups is 1. The Morgan fingerprint density at radius 2 is 2.06 bits per heavy atom. The number of nitro groups is 1. The van der Waals surface area contributed by atoms with Crippen molar-refractivity contribution < 1.29 is 9.72 Å². The summed E-state index contributed by atoms with van der Waals surface area (Å²) < 4.78 is 1.24. The first-order valence-electron chi connectivity index (χ1n) is 10.1. The van der Waals surface area contributed by atoms with Crippen LogP contribution >= 0.6 is 11.6 Å². The van der Waals surface area contributed by atoms with Crippen molar-refractivity contribution >= 4 is 40.8 Å². The summed E-state index contributed by atoms with van der Waals surface area (Å²) in [5, 5.41) is 11.1. The number of anilines is 2. The van der Waals surface area contributed by atoms with Crippen LogP contribution in [0, 0.1) is 16.0 Å². The first kappa shape index (κ1) is 24.9. The van der Waals surface area contributed by atoms with E-state index in [1.54, 1.807) is 0 Å². The van der Waals surface area contributed by atoms with Crippen LogP contribution in [0.4, 0.5) is 17.2 Å². The van der Waals surface area contributed by atoms with Crippen LogP contribution in [-0.4, -0.2) is 26.9 Å². The second kappa shape index (κ2) is 10.8. The summed E-state index contributed by atoms with van der Waals surface area (Å²) in [4.78, 5) is 51.7. The van der Waals surface area contributed by atoms with Gasteiger partial charge in [-0.2, -0.15) is 0 Å². The lowest BCUT2D eigenvalue weighted by Gasteiger charge is -2.25. The highest BCUT2D eigenvalue weighted by Gasteiger charge is 2.23. The Bertz CT molecular complexity index is 1150. The van der Waals surface area contributed by atoms with E-state index in [9.17, 15) is 24.5 Å². The number of nitrogen functional groups attached to an aromatic ring is 1. The van der Waals surface area contributed by atoms with E-state index >= 15 is 0 Å². The average Bonchev–Trinajstić information content (AvgIpc) is 2.71. The number of aromatic nitrogens is 2. The molecular formula is C21H26ClN5O5. The van der Waals surface area contributed by atoms with Gasteiger partial charge in [-0.1, -0.05) is 44.9 Å². The van der Waals surface area contributed by atoms with Crippen molar-refractivity contribution in [1.82, 2.24) is 9.55 Å². The number of amides is 1. The van der Waals surface area contributed by atoms with Gasteiger partial charge in [0.2, 0.25) is 0 Å². The molecule has 1 aromatic carbocycles. The number of aromatic amines is 1. The molecule has 1 amide bonds. The number of H-pyrrole nitrogens is 1. The Labute approximate surface area is 189 Å². The second-order valence-corrected chi connectivity index (χ2v) is 8.05. The Morgan fingerprint density at radius 3 is 2.66 bits per heavy atom. The number of nitrogens with one attached hydrogen (secondary N) is 1. The van der Waals surface area contributed by atoms with Crippen molar-refractivity contribution in [2.45, 2.75) is 40.2 Å². The van der Waals surface area contributed by atoms with Crippen LogP contribution in [0.5, 0.6) is 0 Å². The van der Waals surface area contributed by atoms with Crippen molar-refractivity contribution in [3.05, 3.63) is 65.8 Å². The third-order valence-electron chi connectivity index (χ3n) is 4.62. The summed E-state index contributed by atoms with van der Waals surface area (Å²) in [5.74, 6) is -0.662. The molecule has 0 saturated heterocycles. The number of hydrogen-bond acceptors (Lipinski definition) is 6. The largest absolute Gasteiger partial charge is 0.383 e. The Hall–Kier alpha value is -3.40. The van der Waals surface area contributed by atoms with Crippen molar-refractivity contribution in [1.29, 1.82) is 0 Å². The molecule has 1 aromatic heterocycles. The lowest BCUT2D eigenvalue weighted by molar-refractivity contribution is -0.384. The fraction of sp³-hybridized carbons (Fsp3) is 0.381. The number of unbranched alkanes of at least 4 members (excludes halogenated alkanes) is 1. The summed E-state index contributed by atoms with van der Waals surface area (Å²) in [6, 6.07) is 4.13. The highest BCUT2D eigenvalue weighted by atomic mass is 35.5. The molecule has 2 rings (SSSR count). The van der Waals surface area contributed by atoms with Gasteiger partial charge in [-0.15, -0.1) is 0 Å². The molecule has 10 nitrogen and oxygen atoms in total. The Morgan fingerprint density at radius 1 is 1.38 bits per heavy atom. The van der Waals surface area contributed by atoms with Crippen molar-refractivity contribution in [2.75, 3.05) is 17.2 Å². The fourth-order valence-electron chi connectivity index (χ4n) is 3.06. The minimum Gasteiger partial charge on any atom is -0.383 e. The summed E-state index contributed by atoms with van der Waals surface area (Å²) >= 11 is 5.82. The first-order valence-corrected chi connectivity index (χ1v) is 10.5. The van der Waals surface area contributed by atoms with E-state index in [-0.39, 0.29) is 34.7 Å². The number of benzene rings is 1. The molecule has 0 unspecified atom stereocenters. The van der Waals surface area contributed by atoms with Crippen LogP contribution in [-0.2, 0) is 11.3 Å². The number of nitrogens with two attached hydrogens (primary N) is 1. The molecule has 0 aliphatic carbocycles. The van der Waals surface area contributed by atoms with Gasteiger partial charge in [-0.3, -0.25) is 29.3 Å². The molecule has 0 aliphatic rings. The van der Waals surface area contributed by atoms with E-state index in [1.807, 2.05) is 20.8 Å². The van der Waals surface area contributed by atoms with Crippen LogP contribution in [0.2, 0.25) is 5.02 Å². The molecule has 0 aliphatic heterocycles. The Kier molecular flexibility index (Phi) is 8.36. The fourth-order valence-corrected chi connectivity index (χ4v) is 3.25. The third-order valence-corrected chi connectivity index (χ3v) is 4.94. The van der Waals surface area contributed by atoms with E-state index in [1.165, 1.54) is 39.8 Å². The van der Waals surface area contributed by atoms with E-state index in [0.29, 0.717) is 18.5 Å². The predicted molar refractivity (Wildman–Crippen MR) is 125 cm³/mol. The average molecular weight is 464 g/mol. The van der Waals surface area contributed by atoms with Gasteiger partial charge in [0.05, 0.1) is 4.92 Å². The maximum absolute atomic E-state index is 13.0. The van der Waals surface area contributed by atoms with E-state index in [4.69, 9.17) is 17.3 Å². The Balaban J connectivity index is 2.49. The topological polar surface area (TPSA) is 144 Å². The maximum Gasteiger partial charge on any atom is 0.330 e. The quantitative estimate of drug-likeness (QED) is 0.332. The van der Waals surface area contributed by atoms with Gasteiger partial charge in [0.25, 0.3) is 17.2 Å². The van der Waals surface area contributed by atoms with Crippen LogP contribution in [0.15, 0.2) is 33.9 Å². The van der Waals surface area contributed by atoms with Gasteiger partial charge in [-0.25, -0.2) is 4.79 Å². The summed E-state index contributed by atoms with van der Waals surface area (Å²) in [7, 11) is 0. The van der Waals surface area contributed by atoms with Gasteiger partial charge in [0, 0.05) is 25.2 Å². The molecule has 0 saturated carbocycles. The molecule has 0 atom stereocenters. The van der Waals surface area contributed by atoms with E-state index in [0.717, 1.165) is 6.42 Å². The molecule has 1 heterocycles. The minimum atomic E-state index is -0.759. The lowest BCUT2D eigenvalue weighted by Crippen LogP contribution is -2.42. The van der Waals surface area contributed by atoms with E-state index in [2.05, 4.69) is 4.98 Å². The number of nitro benzene ring substituents is 1. The second-order valence-electron chi connectivity index (χ2n) is 7.64. The van der Waals surface area contributed by atoms with Crippen LogP contribution in [0.25, 0.3) is 6.08 Å². The summed E-state index contributed by atoms with van der Waals surface area (Å²) in [6.45, 7) is 6.16. The molecule has 2 aromatic rings. The number of carbonyl (C=O) groups excluding carboxylic acids is 1. The molecule has 11 heteroatoms. The van der Waals surface area contributed by atoms with Gasteiger partial charge < -0.3 is 10.6 Å². The molecule has 0 spiro atoms.